The predicted octanol–water partition coefficient (Wildman–Crippen LogP) is 6.14. The zero-order valence-electron chi connectivity index (χ0n) is 14.6. The summed E-state index contributed by atoms with van der Waals surface area (Å²) in [5, 5.41) is 1.93. The Morgan fingerprint density at radius 1 is 1.04 bits per heavy atom. The molecule has 0 radical (unpaired) electrons. The maximum absolute atomic E-state index is 14.6. The number of benzene rings is 2. The van der Waals surface area contributed by atoms with Crippen molar-refractivity contribution in [3.05, 3.63) is 64.0 Å². The monoisotopic (exact) mass is 373 g/mol. The Labute approximate surface area is 157 Å². The second-order valence-electron chi connectivity index (χ2n) is 5.76. The SMILES string of the molecule is CCCCc1ccc(C#Cc2cc(F)c(N=C=S)c(F)c2)c(CC)c1F. The molecule has 0 atom stereocenters. The number of hydrogen-bond donors (Lipinski definition) is 0. The van der Waals surface area contributed by atoms with Crippen molar-refractivity contribution < 1.29 is 13.2 Å². The van der Waals surface area contributed by atoms with E-state index in [0.29, 0.717) is 29.5 Å². The number of rotatable bonds is 5. The van der Waals surface area contributed by atoms with E-state index in [0.717, 1.165) is 25.0 Å². The molecule has 0 aliphatic rings. The van der Waals surface area contributed by atoms with Gasteiger partial charge in [-0.3, -0.25) is 0 Å². The van der Waals surface area contributed by atoms with E-state index in [1.807, 2.05) is 12.1 Å². The van der Waals surface area contributed by atoms with Gasteiger partial charge in [0.15, 0.2) is 11.6 Å². The molecule has 0 unspecified atom stereocenters. The van der Waals surface area contributed by atoms with Gasteiger partial charge >= 0.3 is 0 Å². The smallest absolute Gasteiger partial charge is 0.153 e. The first-order chi connectivity index (χ1) is 12.5. The molecule has 0 aliphatic carbocycles. The van der Waals surface area contributed by atoms with Crippen molar-refractivity contribution in [1.82, 2.24) is 0 Å². The quantitative estimate of drug-likeness (QED) is 0.348. The number of nitrogens with zero attached hydrogens (tertiary/aromatic N) is 1. The fraction of sp³-hybridized carbons (Fsp3) is 0.286. The van der Waals surface area contributed by atoms with Gasteiger partial charge < -0.3 is 0 Å². The lowest BCUT2D eigenvalue weighted by Gasteiger charge is -2.09. The molecule has 0 heterocycles. The third kappa shape index (κ3) is 4.60. The van der Waals surface area contributed by atoms with E-state index in [1.54, 1.807) is 12.1 Å². The Kier molecular flexibility index (Phi) is 7.15. The van der Waals surface area contributed by atoms with Crippen LogP contribution in [0, 0.1) is 29.3 Å². The first kappa shape index (κ1) is 19.9. The van der Waals surface area contributed by atoms with E-state index in [-0.39, 0.29) is 11.4 Å². The Balaban J connectivity index is 2.41. The van der Waals surface area contributed by atoms with Gasteiger partial charge in [0.2, 0.25) is 0 Å². The van der Waals surface area contributed by atoms with Crippen LogP contribution in [0.15, 0.2) is 29.3 Å². The first-order valence-corrected chi connectivity index (χ1v) is 8.81. The molecule has 0 saturated carbocycles. The van der Waals surface area contributed by atoms with E-state index in [2.05, 4.69) is 36.0 Å². The molecule has 0 N–H and O–H groups in total. The van der Waals surface area contributed by atoms with Gasteiger partial charge in [-0.25, -0.2) is 13.2 Å². The molecule has 0 aromatic heterocycles. The van der Waals surface area contributed by atoms with Crippen molar-refractivity contribution >= 4 is 23.1 Å². The minimum absolute atomic E-state index is 0.140. The number of hydrogen-bond acceptors (Lipinski definition) is 2. The molecule has 2 aromatic rings. The summed E-state index contributed by atoms with van der Waals surface area (Å²) in [5.74, 6) is 3.53. The zero-order valence-corrected chi connectivity index (χ0v) is 15.4. The Morgan fingerprint density at radius 2 is 1.73 bits per heavy atom. The van der Waals surface area contributed by atoms with Crippen LogP contribution < -0.4 is 0 Å². The molecular formula is C21H18F3NS. The normalized spacial score (nSPS) is 10.0. The summed E-state index contributed by atoms with van der Waals surface area (Å²) in [6.07, 6.45) is 3.07. The van der Waals surface area contributed by atoms with Crippen LogP contribution in [0.4, 0.5) is 18.9 Å². The van der Waals surface area contributed by atoms with E-state index in [9.17, 15) is 13.2 Å². The van der Waals surface area contributed by atoms with Gasteiger partial charge in [-0.05, 0) is 55.2 Å². The molecule has 5 heteroatoms. The van der Waals surface area contributed by atoms with Crippen LogP contribution in [0.1, 0.15) is 48.9 Å². The molecular weight excluding hydrogens is 355 g/mol. The van der Waals surface area contributed by atoms with Crippen LogP contribution in [0.2, 0.25) is 0 Å². The van der Waals surface area contributed by atoms with E-state index < -0.39 is 17.3 Å². The standard InChI is InChI=1S/C21H18F3NS/c1-3-5-6-16-10-9-15(17(4-2)20(16)24)8-7-14-11-18(22)21(25-13-26)19(23)12-14/h9-12H,3-6H2,1-2H3. The third-order valence-corrected chi connectivity index (χ3v) is 4.08. The highest BCUT2D eigenvalue weighted by atomic mass is 32.1. The number of aliphatic imine (C=N–C) groups is 1. The lowest BCUT2D eigenvalue weighted by atomic mass is 9.98. The zero-order chi connectivity index (χ0) is 19.1. The van der Waals surface area contributed by atoms with Crippen molar-refractivity contribution in [1.29, 1.82) is 0 Å². The Bertz CT molecular complexity index is 896. The molecule has 0 bridgehead atoms. The summed E-state index contributed by atoms with van der Waals surface area (Å²) in [5.41, 5.74) is 1.36. The number of isothiocyanates is 1. The van der Waals surface area contributed by atoms with Gasteiger partial charge in [0.1, 0.15) is 11.5 Å². The lowest BCUT2D eigenvalue weighted by Crippen LogP contribution is -2.00. The maximum atomic E-state index is 14.6. The van der Waals surface area contributed by atoms with E-state index >= 15 is 0 Å². The molecule has 0 spiro atoms. The van der Waals surface area contributed by atoms with Crippen molar-refractivity contribution in [2.75, 3.05) is 0 Å². The first-order valence-electron chi connectivity index (χ1n) is 8.40. The van der Waals surface area contributed by atoms with Crippen LogP contribution in [0.25, 0.3) is 0 Å². The van der Waals surface area contributed by atoms with Crippen LogP contribution in [0.3, 0.4) is 0 Å². The second kappa shape index (κ2) is 9.33. The van der Waals surface area contributed by atoms with Crippen molar-refractivity contribution in [2.45, 2.75) is 39.5 Å². The lowest BCUT2D eigenvalue weighted by molar-refractivity contribution is 0.587. The molecule has 0 saturated heterocycles. The van der Waals surface area contributed by atoms with Gasteiger partial charge in [-0.2, -0.15) is 4.99 Å². The average molecular weight is 373 g/mol. The summed E-state index contributed by atoms with van der Waals surface area (Å²) in [7, 11) is 0. The van der Waals surface area contributed by atoms with Crippen molar-refractivity contribution in [3.8, 4) is 11.8 Å². The van der Waals surface area contributed by atoms with Crippen LogP contribution in [-0.2, 0) is 12.8 Å². The van der Waals surface area contributed by atoms with Crippen LogP contribution >= 0.6 is 12.2 Å². The van der Waals surface area contributed by atoms with E-state index in [4.69, 9.17) is 0 Å². The molecule has 0 amide bonds. The topological polar surface area (TPSA) is 12.4 Å². The highest BCUT2D eigenvalue weighted by Crippen LogP contribution is 2.23. The summed E-state index contributed by atoms with van der Waals surface area (Å²) in [6.45, 7) is 3.91. The minimum atomic E-state index is -0.872. The minimum Gasteiger partial charge on any atom is -0.206 e. The molecule has 2 rings (SSSR count). The van der Waals surface area contributed by atoms with Gasteiger partial charge in [-0.15, -0.1) is 0 Å². The molecule has 134 valence electrons. The van der Waals surface area contributed by atoms with Crippen molar-refractivity contribution in [3.63, 3.8) is 0 Å². The number of halogens is 3. The fourth-order valence-corrected chi connectivity index (χ4v) is 2.71. The molecule has 0 fully saturated rings. The third-order valence-electron chi connectivity index (χ3n) is 3.99. The van der Waals surface area contributed by atoms with Gasteiger partial charge in [-0.1, -0.05) is 38.2 Å². The largest absolute Gasteiger partial charge is 0.206 e. The van der Waals surface area contributed by atoms with Gasteiger partial charge in [0.25, 0.3) is 0 Å². The number of unbranched alkanes of at least 4 members (excludes halogenated alkanes) is 1. The summed E-state index contributed by atoms with van der Waals surface area (Å²) < 4.78 is 42.3. The average Bonchev–Trinajstić information content (AvgIpc) is 2.62. The van der Waals surface area contributed by atoms with Crippen LogP contribution in [0.5, 0.6) is 0 Å². The Hall–Kier alpha value is -2.41. The molecule has 26 heavy (non-hydrogen) atoms. The van der Waals surface area contributed by atoms with Gasteiger partial charge in [0, 0.05) is 16.7 Å². The summed E-state index contributed by atoms with van der Waals surface area (Å²) in [6, 6.07) is 5.63. The van der Waals surface area contributed by atoms with Gasteiger partial charge in [0.05, 0.1) is 5.16 Å². The molecule has 1 nitrogen and oxygen atoms in total. The fourth-order valence-electron chi connectivity index (χ4n) is 2.62. The summed E-state index contributed by atoms with van der Waals surface area (Å²) >= 11 is 4.36. The summed E-state index contributed by atoms with van der Waals surface area (Å²) in [4.78, 5) is 3.36. The molecule has 0 aliphatic heterocycles. The Morgan fingerprint density at radius 3 is 2.31 bits per heavy atom. The highest BCUT2D eigenvalue weighted by Gasteiger charge is 2.12. The van der Waals surface area contributed by atoms with Crippen molar-refractivity contribution in [2.24, 2.45) is 4.99 Å². The molecule has 2 aromatic carbocycles. The second-order valence-corrected chi connectivity index (χ2v) is 5.95. The number of aryl methyl sites for hydroxylation is 1. The highest BCUT2D eigenvalue weighted by molar-refractivity contribution is 7.78. The van der Waals surface area contributed by atoms with Crippen LogP contribution in [-0.4, -0.2) is 5.16 Å². The number of thiocarbonyl (C=S) groups is 1. The predicted molar refractivity (Wildman–Crippen MR) is 101 cm³/mol. The maximum Gasteiger partial charge on any atom is 0.153 e. The van der Waals surface area contributed by atoms with E-state index in [1.165, 1.54) is 0 Å².